The quantitative estimate of drug-likeness (QED) is 0.753. The summed E-state index contributed by atoms with van der Waals surface area (Å²) in [7, 11) is 1.69. The third-order valence-corrected chi connectivity index (χ3v) is 5.63. The second-order valence-electron chi connectivity index (χ2n) is 7.60. The normalized spacial score (nSPS) is 19.6. The first-order chi connectivity index (χ1) is 14.2. The zero-order valence-electron chi connectivity index (χ0n) is 17.0. The number of hydrogen-bond acceptors (Lipinski definition) is 6. The molecule has 0 radical (unpaired) electrons. The minimum Gasteiger partial charge on any atom is -0.497 e. The zero-order chi connectivity index (χ0) is 20.1. The Morgan fingerprint density at radius 2 is 2.10 bits per heavy atom. The molecule has 2 aromatic rings. The standard InChI is InChI=1S/C21H29N5O3/c1-28-17-6-4-16(5-7-17)15-25-11-9-20-24-23-19(26(20)13-12-25)8-10-22-21(27)18-3-2-14-29-18/h4-7,18H,2-3,8-15H2,1H3,(H,22,27). The number of ether oxygens (including phenoxy) is 2. The molecule has 2 aliphatic heterocycles. The number of aromatic nitrogens is 3. The summed E-state index contributed by atoms with van der Waals surface area (Å²) in [4.78, 5) is 14.5. The Bertz CT molecular complexity index is 814. The van der Waals surface area contributed by atoms with Crippen LogP contribution in [0.4, 0.5) is 0 Å². The minimum absolute atomic E-state index is 0.0104. The monoisotopic (exact) mass is 399 g/mol. The molecular weight excluding hydrogens is 370 g/mol. The molecule has 0 saturated carbocycles. The molecule has 1 aromatic carbocycles. The highest BCUT2D eigenvalue weighted by Crippen LogP contribution is 2.16. The Hall–Kier alpha value is -2.45. The first-order valence-corrected chi connectivity index (χ1v) is 10.4. The maximum Gasteiger partial charge on any atom is 0.249 e. The SMILES string of the molecule is COc1ccc(CN2CCc3nnc(CCNC(=O)C4CCCO4)n3CC2)cc1. The van der Waals surface area contributed by atoms with Crippen LogP contribution < -0.4 is 10.1 Å². The fourth-order valence-corrected chi connectivity index (χ4v) is 3.95. The van der Waals surface area contributed by atoms with Crippen LogP contribution in [-0.4, -0.2) is 65.0 Å². The summed E-state index contributed by atoms with van der Waals surface area (Å²) in [5, 5.41) is 11.7. The molecule has 0 aliphatic carbocycles. The summed E-state index contributed by atoms with van der Waals surface area (Å²) in [5.74, 6) is 2.84. The lowest BCUT2D eigenvalue weighted by Gasteiger charge is -2.19. The van der Waals surface area contributed by atoms with E-state index in [4.69, 9.17) is 9.47 Å². The van der Waals surface area contributed by atoms with Crippen LogP contribution in [0.3, 0.4) is 0 Å². The summed E-state index contributed by atoms with van der Waals surface area (Å²) in [6.45, 7) is 4.93. The molecule has 1 aromatic heterocycles. The zero-order valence-corrected chi connectivity index (χ0v) is 17.0. The highest BCUT2D eigenvalue weighted by Gasteiger charge is 2.23. The molecule has 29 heavy (non-hydrogen) atoms. The Labute approximate surface area is 171 Å². The first kappa shape index (κ1) is 19.8. The Morgan fingerprint density at radius 3 is 2.86 bits per heavy atom. The van der Waals surface area contributed by atoms with E-state index < -0.39 is 0 Å². The highest BCUT2D eigenvalue weighted by molar-refractivity contribution is 5.80. The van der Waals surface area contributed by atoms with E-state index in [-0.39, 0.29) is 12.0 Å². The number of fused-ring (bicyclic) bond motifs is 1. The van der Waals surface area contributed by atoms with Crippen molar-refractivity contribution in [1.29, 1.82) is 0 Å². The Morgan fingerprint density at radius 1 is 1.24 bits per heavy atom. The van der Waals surface area contributed by atoms with Crippen molar-refractivity contribution >= 4 is 5.91 Å². The smallest absolute Gasteiger partial charge is 0.249 e. The van der Waals surface area contributed by atoms with Crippen LogP contribution in [0.25, 0.3) is 0 Å². The summed E-state index contributed by atoms with van der Waals surface area (Å²) in [6.07, 6.45) is 3.06. The average molecular weight is 399 g/mol. The number of nitrogens with one attached hydrogen (secondary N) is 1. The van der Waals surface area contributed by atoms with Crippen molar-refractivity contribution in [2.24, 2.45) is 0 Å². The van der Waals surface area contributed by atoms with Crippen molar-refractivity contribution in [2.75, 3.05) is 33.4 Å². The fourth-order valence-electron chi connectivity index (χ4n) is 3.95. The number of methoxy groups -OCH3 is 1. The van der Waals surface area contributed by atoms with Gasteiger partial charge < -0.3 is 19.4 Å². The van der Waals surface area contributed by atoms with Gasteiger partial charge in [-0.3, -0.25) is 9.69 Å². The number of carbonyl (C=O) groups is 1. The highest BCUT2D eigenvalue weighted by atomic mass is 16.5. The maximum absolute atomic E-state index is 12.1. The van der Waals surface area contributed by atoms with Crippen LogP contribution in [0.5, 0.6) is 5.75 Å². The van der Waals surface area contributed by atoms with Gasteiger partial charge in [-0.25, -0.2) is 0 Å². The first-order valence-electron chi connectivity index (χ1n) is 10.4. The second-order valence-corrected chi connectivity index (χ2v) is 7.60. The number of amides is 1. The lowest BCUT2D eigenvalue weighted by molar-refractivity contribution is -0.130. The van der Waals surface area contributed by atoms with Crippen molar-refractivity contribution < 1.29 is 14.3 Å². The van der Waals surface area contributed by atoms with Gasteiger partial charge in [-0.1, -0.05) is 12.1 Å². The van der Waals surface area contributed by atoms with Crippen molar-refractivity contribution in [1.82, 2.24) is 25.0 Å². The summed E-state index contributed by atoms with van der Waals surface area (Å²) >= 11 is 0. The summed E-state index contributed by atoms with van der Waals surface area (Å²) in [6, 6.07) is 8.24. The summed E-state index contributed by atoms with van der Waals surface area (Å²) in [5.41, 5.74) is 1.28. The number of benzene rings is 1. The molecule has 2 aliphatic rings. The molecule has 3 heterocycles. The van der Waals surface area contributed by atoms with E-state index in [1.165, 1.54) is 5.56 Å². The number of nitrogens with zero attached hydrogens (tertiary/aromatic N) is 4. The number of carbonyl (C=O) groups excluding carboxylic acids is 1. The third kappa shape index (κ3) is 4.94. The topological polar surface area (TPSA) is 81.5 Å². The van der Waals surface area contributed by atoms with Crippen molar-refractivity contribution in [3.05, 3.63) is 41.5 Å². The van der Waals surface area contributed by atoms with E-state index in [0.717, 1.165) is 62.8 Å². The van der Waals surface area contributed by atoms with Gasteiger partial charge in [0.15, 0.2) is 0 Å². The van der Waals surface area contributed by atoms with E-state index in [9.17, 15) is 4.79 Å². The van der Waals surface area contributed by atoms with E-state index in [2.05, 4.69) is 37.1 Å². The van der Waals surface area contributed by atoms with Crippen LogP contribution in [0, 0.1) is 0 Å². The predicted octanol–water partition coefficient (Wildman–Crippen LogP) is 1.18. The van der Waals surface area contributed by atoms with Crippen molar-refractivity contribution in [2.45, 2.75) is 44.9 Å². The van der Waals surface area contributed by atoms with Gasteiger partial charge in [0, 0.05) is 52.2 Å². The molecule has 8 heteroatoms. The lowest BCUT2D eigenvalue weighted by atomic mass is 10.2. The fraction of sp³-hybridized carbons (Fsp3) is 0.571. The third-order valence-electron chi connectivity index (χ3n) is 5.63. The van der Waals surface area contributed by atoms with Crippen LogP contribution in [0.1, 0.15) is 30.1 Å². The molecule has 1 amide bonds. The van der Waals surface area contributed by atoms with Crippen molar-refractivity contribution in [3.63, 3.8) is 0 Å². The molecule has 156 valence electrons. The number of hydrogen-bond donors (Lipinski definition) is 1. The van der Waals surface area contributed by atoms with Gasteiger partial charge in [-0.15, -0.1) is 10.2 Å². The van der Waals surface area contributed by atoms with E-state index in [0.29, 0.717) is 19.6 Å². The van der Waals surface area contributed by atoms with Crippen LogP contribution in [0.15, 0.2) is 24.3 Å². The van der Waals surface area contributed by atoms with Gasteiger partial charge >= 0.3 is 0 Å². The molecular formula is C21H29N5O3. The Balaban J connectivity index is 1.28. The van der Waals surface area contributed by atoms with Crippen LogP contribution in [-0.2, 0) is 35.5 Å². The maximum atomic E-state index is 12.1. The molecule has 1 fully saturated rings. The predicted molar refractivity (Wildman–Crippen MR) is 108 cm³/mol. The second kappa shape index (κ2) is 9.37. The van der Waals surface area contributed by atoms with Gasteiger partial charge in [0.2, 0.25) is 5.91 Å². The van der Waals surface area contributed by atoms with Crippen molar-refractivity contribution in [3.8, 4) is 5.75 Å². The average Bonchev–Trinajstić information content (AvgIpc) is 3.37. The van der Waals surface area contributed by atoms with Crippen LogP contribution >= 0.6 is 0 Å². The molecule has 1 N–H and O–H groups in total. The van der Waals surface area contributed by atoms with Gasteiger partial charge in [-0.2, -0.15) is 0 Å². The minimum atomic E-state index is -0.281. The van der Waals surface area contributed by atoms with Gasteiger partial charge in [-0.05, 0) is 30.5 Å². The summed E-state index contributed by atoms with van der Waals surface area (Å²) < 4.78 is 12.9. The van der Waals surface area contributed by atoms with Crippen LogP contribution in [0.2, 0.25) is 0 Å². The lowest BCUT2D eigenvalue weighted by Crippen LogP contribution is -2.35. The van der Waals surface area contributed by atoms with Gasteiger partial charge in [0.1, 0.15) is 23.5 Å². The molecule has 4 rings (SSSR count). The van der Waals surface area contributed by atoms with Gasteiger partial charge in [0.05, 0.1) is 7.11 Å². The molecule has 1 atom stereocenters. The Kier molecular flexibility index (Phi) is 6.41. The van der Waals surface area contributed by atoms with Gasteiger partial charge in [0.25, 0.3) is 0 Å². The molecule has 0 bridgehead atoms. The number of rotatable bonds is 7. The molecule has 0 spiro atoms. The molecule has 1 saturated heterocycles. The van der Waals surface area contributed by atoms with E-state index in [1.807, 2.05) is 12.1 Å². The van der Waals surface area contributed by atoms with E-state index >= 15 is 0 Å². The molecule has 8 nitrogen and oxygen atoms in total. The molecule has 1 unspecified atom stereocenters. The largest absolute Gasteiger partial charge is 0.497 e. The van der Waals surface area contributed by atoms with E-state index in [1.54, 1.807) is 7.11 Å².